The lowest BCUT2D eigenvalue weighted by atomic mass is 9.99. The van der Waals surface area contributed by atoms with Gasteiger partial charge in [-0.25, -0.2) is 4.39 Å². The van der Waals surface area contributed by atoms with Crippen LogP contribution in [0.4, 0.5) is 4.39 Å². The van der Waals surface area contributed by atoms with Crippen LogP contribution in [0.2, 0.25) is 0 Å². The van der Waals surface area contributed by atoms with Gasteiger partial charge in [0.25, 0.3) is 0 Å². The second-order valence-corrected chi connectivity index (χ2v) is 6.53. The van der Waals surface area contributed by atoms with Gasteiger partial charge in [0.05, 0.1) is 0 Å². The molecule has 1 aromatic carbocycles. The minimum atomic E-state index is -0.208. The molecule has 1 heterocycles. The highest BCUT2D eigenvalue weighted by atomic mass is 127. The Kier molecular flexibility index (Phi) is 9.58. The summed E-state index contributed by atoms with van der Waals surface area (Å²) >= 11 is 0. The van der Waals surface area contributed by atoms with Gasteiger partial charge < -0.3 is 10.6 Å². The van der Waals surface area contributed by atoms with E-state index in [4.69, 9.17) is 0 Å². The summed E-state index contributed by atoms with van der Waals surface area (Å²) in [7, 11) is 1.76. The van der Waals surface area contributed by atoms with E-state index in [9.17, 15) is 4.39 Å². The number of hydrogen-bond donors (Lipinski definition) is 2. The number of nitrogens with one attached hydrogen (secondary N) is 2. The molecular formula is C18H30FIN4. The van der Waals surface area contributed by atoms with Crippen LogP contribution in [0.5, 0.6) is 0 Å². The number of likely N-dealkylation sites (tertiary alicyclic amines) is 1. The minimum Gasteiger partial charge on any atom is -0.355 e. The average Bonchev–Trinajstić information content (AvgIpc) is 2.55. The van der Waals surface area contributed by atoms with Crippen molar-refractivity contribution in [1.29, 1.82) is 0 Å². The van der Waals surface area contributed by atoms with Crippen LogP contribution in [-0.4, -0.2) is 43.6 Å². The van der Waals surface area contributed by atoms with Gasteiger partial charge in [0.2, 0.25) is 0 Å². The zero-order chi connectivity index (χ0) is 16.7. The first-order valence-electron chi connectivity index (χ1n) is 8.51. The average molecular weight is 448 g/mol. The number of rotatable bonds is 5. The highest BCUT2D eigenvalue weighted by molar-refractivity contribution is 14.0. The lowest BCUT2D eigenvalue weighted by Gasteiger charge is -2.35. The second kappa shape index (κ2) is 10.9. The molecule has 1 fully saturated rings. The summed E-state index contributed by atoms with van der Waals surface area (Å²) in [6.45, 7) is 8.36. The van der Waals surface area contributed by atoms with Crippen LogP contribution in [0.3, 0.4) is 0 Å². The lowest BCUT2D eigenvalue weighted by Crippen LogP contribution is -2.48. The topological polar surface area (TPSA) is 39.7 Å². The number of nitrogens with zero attached hydrogens (tertiary/aromatic N) is 2. The maximum Gasteiger partial charge on any atom is 0.191 e. The van der Waals surface area contributed by atoms with Gasteiger partial charge >= 0.3 is 0 Å². The molecule has 4 nitrogen and oxygen atoms in total. The van der Waals surface area contributed by atoms with Crippen LogP contribution >= 0.6 is 24.0 Å². The summed E-state index contributed by atoms with van der Waals surface area (Å²) in [5.41, 5.74) is 0.908. The minimum absolute atomic E-state index is 0. The number of benzene rings is 1. The molecule has 24 heavy (non-hydrogen) atoms. The molecule has 0 radical (unpaired) electrons. The van der Waals surface area contributed by atoms with Gasteiger partial charge in [0.15, 0.2) is 5.96 Å². The van der Waals surface area contributed by atoms with E-state index in [1.54, 1.807) is 13.1 Å². The SMILES string of the molecule is CN=C(NCc1cccc(F)c1)NCC(C)N1CCCC(C)C1.I. The van der Waals surface area contributed by atoms with Crippen LogP contribution in [0.15, 0.2) is 29.3 Å². The van der Waals surface area contributed by atoms with Gasteiger partial charge in [-0.15, -0.1) is 24.0 Å². The predicted octanol–water partition coefficient (Wildman–Crippen LogP) is 3.23. The molecule has 0 spiro atoms. The molecule has 0 aliphatic carbocycles. The zero-order valence-corrected chi connectivity index (χ0v) is 17.2. The van der Waals surface area contributed by atoms with Gasteiger partial charge in [-0.3, -0.25) is 9.89 Å². The van der Waals surface area contributed by atoms with Crippen LogP contribution in [0.1, 0.15) is 32.3 Å². The van der Waals surface area contributed by atoms with Crippen LogP contribution < -0.4 is 10.6 Å². The highest BCUT2D eigenvalue weighted by Gasteiger charge is 2.20. The van der Waals surface area contributed by atoms with Crippen molar-refractivity contribution in [3.8, 4) is 0 Å². The Hall–Kier alpha value is -0.890. The van der Waals surface area contributed by atoms with Crippen molar-refractivity contribution in [3.05, 3.63) is 35.6 Å². The Labute approximate surface area is 162 Å². The van der Waals surface area contributed by atoms with Crippen LogP contribution in [0, 0.1) is 11.7 Å². The maximum absolute atomic E-state index is 13.2. The zero-order valence-electron chi connectivity index (χ0n) is 14.9. The molecule has 0 saturated carbocycles. The molecule has 0 amide bonds. The number of piperidine rings is 1. The molecule has 0 aromatic heterocycles. The summed E-state index contributed by atoms with van der Waals surface area (Å²) in [5.74, 6) is 1.34. The van der Waals surface area contributed by atoms with E-state index in [0.29, 0.717) is 12.6 Å². The fraction of sp³-hybridized carbons (Fsp3) is 0.611. The molecular weight excluding hydrogens is 418 g/mol. The van der Waals surface area contributed by atoms with Crippen LogP contribution in [0.25, 0.3) is 0 Å². The molecule has 136 valence electrons. The smallest absolute Gasteiger partial charge is 0.191 e. The van der Waals surface area contributed by atoms with Crippen molar-refractivity contribution >= 4 is 29.9 Å². The summed E-state index contributed by atoms with van der Waals surface area (Å²) in [6.07, 6.45) is 2.63. The van der Waals surface area contributed by atoms with E-state index in [2.05, 4.69) is 34.4 Å². The van der Waals surface area contributed by atoms with Crippen molar-refractivity contribution in [2.45, 2.75) is 39.3 Å². The normalized spacial score (nSPS) is 20.2. The first-order valence-corrected chi connectivity index (χ1v) is 8.51. The summed E-state index contributed by atoms with van der Waals surface area (Å²) in [5, 5.41) is 6.60. The largest absolute Gasteiger partial charge is 0.355 e. The third-order valence-electron chi connectivity index (χ3n) is 4.45. The summed E-state index contributed by atoms with van der Waals surface area (Å²) in [6, 6.07) is 7.10. The molecule has 2 unspecified atom stereocenters. The van der Waals surface area contributed by atoms with E-state index in [0.717, 1.165) is 24.0 Å². The predicted molar refractivity (Wildman–Crippen MR) is 109 cm³/mol. The molecule has 2 N–H and O–H groups in total. The summed E-state index contributed by atoms with van der Waals surface area (Å²) < 4.78 is 13.2. The van der Waals surface area contributed by atoms with Crippen molar-refractivity contribution in [1.82, 2.24) is 15.5 Å². The Bertz CT molecular complexity index is 523. The van der Waals surface area contributed by atoms with Gasteiger partial charge in [-0.1, -0.05) is 19.1 Å². The Morgan fingerprint density at radius 3 is 2.88 bits per heavy atom. The fourth-order valence-corrected chi connectivity index (χ4v) is 3.05. The Morgan fingerprint density at radius 2 is 2.21 bits per heavy atom. The van der Waals surface area contributed by atoms with E-state index >= 15 is 0 Å². The van der Waals surface area contributed by atoms with Crippen molar-refractivity contribution in [3.63, 3.8) is 0 Å². The third-order valence-corrected chi connectivity index (χ3v) is 4.45. The van der Waals surface area contributed by atoms with Gasteiger partial charge in [0, 0.05) is 32.7 Å². The van der Waals surface area contributed by atoms with E-state index < -0.39 is 0 Å². The fourth-order valence-electron chi connectivity index (χ4n) is 3.05. The van der Waals surface area contributed by atoms with Gasteiger partial charge in [0.1, 0.15) is 5.82 Å². The lowest BCUT2D eigenvalue weighted by molar-refractivity contribution is 0.139. The Balaban J connectivity index is 0.00000288. The maximum atomic E-state index is 13.2. The van der Waals surface area contributed by atoms with Gasteiger partial charge in [-0.05, 0) is 49.9 Å². The molecule has 1 aliphatic heterocycles. The number of hydrogen-bond acceptors (Lipinski definition) is 2. The molecule has 1 saturated heterocycles. The number of guanidine groups is 1. The van der Waals surface area contributed by atoms with Crippen molar-refractivity contribution < 1.29 is 4.39 Å². The van der Waals surface area contributed by atoms with E-state index in [-0.39, 0.29) is 29.8 Å². The van der Waals surface area contributed by atoms with Crippen molar-refractivity contribution in [2.24, 2.45) is 10.9 Å². The number of halogens is 2. The molecule has 1 aliphatic rings. The van der Waals surface area contributed by atoms with Crippen LogP contribution in [-0.2, 0) is 6.54 Å². The monoisotopic (exact) mass is 448 g/mol. The molecule has 2 rings (SSSR count). The first-order chi connectivity index (χ1) is 11.1. The quantitative estimate of drug-likeness (QED) is 0.413. The van der Waals surface area contributed by atoms with Gasteiger partial charge in [-0.2, -0.15) is 0 Å². The number of aliphatic imine (C=N–C) groups is 1. The molecule has 1 aromatic rings. The standard InChI is InChI=1S/C18H29FN4.HI/c1-14-6-5-9-23(13-14)15(2)11-21-18(20-3)22-12-16-7-4-8-17(19)10-16;/h4,7-8,10,14-15H,5-6,9,11-13H2,1-3H3,(H2,20,21,22);1H. The van der Waals surface area contributed by atoms with Crippen molar-refractivity contribution in [2.75, 3.05) is 26.7 Å². The summed E-state index contributed by atoms with van der Waals surface area (Å²) in [4.78, 5) is 6.78. The molecule has 0 bridgehead atoms. The molecule has 2 atom stereocenters. The molecule has 6 heteroatoms. The third kappa shape index (κ3) is 6.93. The van der Waals surface area contributed by atoms with E-state index in [1.165, 1.54) is 38.1 Å². The van der Waals surface area contributed by atoms with E-state index in [1.807, 2.05) is 6.07 Å². The Morgan fingerprint density at radius 1 is 1.42 bits per heavy atom. The first kappa shape index (κ1) is 21.2. The second-order valence-electron chi connectivity index (χ2n) is 6.53. The highest BCUT2D eigenvalue weighted by Crippen LogP contribution is 2.17.